The first-order chi connectivity index (χ1) is 13.0. The van der Waals surface area contributed by atoms with Crippen LogP contribution in [0.1, 0.15) is 42.4 Å². The van der Waals surface area contributed by atoms with E-state index in [-0.39, 0.29) is 5.97 Å². The zero-order valence-electron chi connectivity index (χ0n) is 16.5. The number of ether oxygens (including phenoxy) is 2. The van der Waals surface area contributed by atoms with Gasteiger partial charge in [0, 0.05) is 23.1 Å². The van der Waals surface area contributed by atoms with Gasteiger partial charge in [0.25, 0.3) is 0 Å². The number of hydrogen-bond acceptors (Lipinski definition) is 3. The number of carbonyl (C=O) groups is 1. The molecule has 0 unspecified atom stereocenters. The fourth-order valence-electron chi connectivity index (χ4n) is 3.35. The predicted octanol–water partition coefficient (Wildman–Crippen LogP) is 5.36. The molecule has 0 spiro atoms. The van der Waals surface area contributed by atoms with Crippen molar-refractivity contribution in [3.8, 4) is 5.75 Å². The molecule has 0 N–H and O–H groups in total. The largest absolute Gasteiger partial charge is 0.489 e. The maximum Gasteiger partial charge on any atom is 0.340 e. The highest BCUT2D eigenvalue weighted by molar-refractivity contribution is 6.06. The molecule has 1 heterocycles. The third kappa shape index (κ3) is 4.16. The summed E-state index contributed by atoms with van der Waals surface area (Å²) in [5.74, 6) is 0.949. The van der Waals surface area contributed by atoms with E-state index in [1.165, 1.54) is 0 Å². The first-order valence-electron chi connectivity index (χ1n) is 9.48. The molecular weight excluding hydrogens is 338 g/mol. The number of benzene rings is 2. The Kier molecular flexibility index (Phi) is 5.84. The third-order valence-electron chi connectivity index (χ3n) is 4.57. The fraction of sp³-hybridized carbons (Fsp3) is 0.348. The highest BCUT2D eigenvalue weighted by Crippen LogP contribution is 2.31. The second-order valence-electron chi connectivity index (χ2n) is 7.14. The minimum Gasteiger partial charge on any atom is -0.489 e. The zero-order chi connectivity index (χ0) is 19.4. The topological polar surface area (TPSA) is 40.5 Å². The van der Waals surface area contributed by atoms with Crippen molar-refractivity contribution >= 4 is 16.9 Å². The molecular formula is C23H27NO3. The molecule has 0 saturated carbocycles. The normalized spacial score (nSPS) is 11.1. The molecule has 2 aromatic carbocycles. The van der Waals surface area contributed by atoms with Crippen molar-refractivity contribution in [3.05, 3.63) is 65.4 Å². The lowest BCUT2D eigenvalue weighted by Crippen LogP contribution is -2.09. The van der Waals surface area contributed by atoms with Gasteiger partial charge in [-0.15, -0.1) is 0 Å². The van der Waals surface area contributed by atoms with E-state index in [1.807, 2.05) is 62.4 Å². The fourth-order valence-corrected chi connectivity index (χ4v) is 3.35. The summed E-state index contributed by atoms with van der Waals surface area (Å²) in [7, 11) is 0. The van der Waals surface area contributed by atoms with E-state index in [1.54, 1.807) is 0 Å². The molecule has 0 aliphatic carbocycles. The van der Waals surface area contributed by atoms with E-state index in [9.17, 15) is 4.79 Å². The Morgan fingerprint density at radius 2 is 1.85 bits per heavy atom. The van der Waals surface area contributed by atoms with Gasteiger partial charge < -0.3 is 14.0 Å². The van der Waals surface area contributed by atoms with E-state index in [2.05, 4.69) is 18.4 Å². The first kappa shape index (κ1) is 19.0. The molecule has 0 amide bonds. The van der Waals surface area contributed by atoms with Crippen LogP contribution in [0, 0.1) is 12.8 Å². The standard InChI is InChI=1S/C23H27NO3/c1-5-26-23(25)22-17(4)24(14-16(2)3)21-12-11-19(13-20(21)22)27-15-18-9-7-6-8-10-18/h6-13,16H,5,14-15H2,1-4H3. The Balaban J connectivity index is 1.99. The summed E-state index contributed by atoms with van der Waals surface area (Å²) in [6.45, 7) is 9.87. The van der Waals surface area contributed by atoms with Gasteiger partial charge in [-0.3, -0.25) is 0 Å². The molecule has 3 rings (SSSR count). The lowest BCUT2D eigenvalue weighted by atomic mass is 10.1. The van der Waals surface area contributed by atoms with Gasteiger partial charge >= 0.3 is 5.97 Å². The van der Waals surface area contributed by atoms with E-state index < -0.39 is 0 Å². The minimum absolute atomic E-state index is 0.275. The van der Waals surface area contributed by atoms with Crippen LogP contribution in [0.15, 0.2) is 48.5 Å². The summed E-state index contributed by atoms with van der Waals surface area (Å²) >= 11 is 0. The van der Waals surface area contributed by atoms with E-state index >= 15 is 0 Å². The summed E-state index contributed by atoms with van der Waals surface area (Å²) in [6.07, 6.45) is 0. The van der Waals surface area contributed by atoms with Gasteiger partial charge in [0.05, 0.1) is 12.2 Å². The lowest BCUT2D eigenvalue weighted by Gasteiger charge is -2.11. The van der Waals surface area contributed by atoms with Crippen molar-refractivity contribution in [1.82, 2.24) is 4.57 Å². The number of aromatic nitrogens is 1. The molecule has 3 aromatic rings. The van der Waals surface area contributed by atoms with Crippen LogP contribution in [-0.2, 0) is 17.9 Å². The molecule has 142 valence electrons. The molecule has 0 atom stereocenters. The third-order valence-corrected chi connectivity index (χ3v) is 4.57. The molecule has 4 heteroatoms. The highest BCUT2D eigenvalue weighted by atomic mass is 16.5. The average Bonchev–Trinajstić information content (AvgIpc) is 2.92. The predicted molar refractivity (Wildman–Crippen MR) is 108 cm³/mol. The molecule has 0 fully saturated rings. The number of nitrogens with zero attached hydrogens (tertiary/aromatic N) is 1. The van der Waals surface area contributed by atoms with Crippen molar-refractivity contribution in [2.24, 2.45) is 5.92 Å². The van der Waals surface area contributed by atoms with Gasteiger partial charge in [0.2, 0.25) is 0 Å². The van der Waals surface area contributed by atoms with E-state index in [0.717, 1.165) is 34.5 Å². The van der Waals surface area contributed by atoms with Crippen LogP contribution in [0.4, 0.5) is 0 Å². The number of fused-ring (bicyclic) bond motifs is 1. The van der Waals surface area contributed by atoms with E-state index in [0.29, 0.717) is 24.7 Å². The maximum absolute atomic E-state index is 12.6. The zero-order valence-corrected chi connectivity index (χ0v) is 16.5. The molecule has 27 heavy (non-hydrogen) atoms. The van der Waals surface area contributed by atoms with Crippen molar-refractivity contribution < 1.29 is 14.3 Å². The second-order valence-corrected chi connectivity index (χ2v) is 7.14. The van der Waals surface area contributed by atoms with Crippen LogP contribution in [0.5, 0.6) is 5.75 Å². The van der Waals surface area contributed by atoms with Crippen molar-refractivity contribution in [1.29, 1.82) is 0 Å². The van der Waals surface area contributed by atoms with Gasteiger partial charge in [-0.05, 0) is 43.5 Å². The van der Waals surface area contributed by atoms with Gasteiger partial charge in [-0.25, -0.2) is 4.79 Å². The lowest BCUT2D eigenvalue weighted by molar-refractivity contribution is 0.0527. The van der Waals surface area contributed by atoms with E-state index in [4.69, 9.17) is 9.47 Å². The molecule has 0 aliphatic heterocycles. The van der Waals surface area contributed by atoms with Crippen LogP contribution in [0.2, 0.25) is 0 Å². The molecule has 0 aliphatic rings. The summed E-state index contributed by atoms with van der Waals surface area (Å²) < 4.78 is 13.5. The Labute approximate surface area is 160 Å². The summed E-state index contributed by atoms with van der Waals surface area (Å²) in [5, 5.41) is 0.886. The average molecular weight is 365 g/mol. The molecule has 0 radical (unpaired) electrons. The monoisotopic (exact) mass is 365 g/mol. The van der Waals surface area contributed by atoms with Crippen LogP contribution in [0.25, 0.3) is 10.9 Å². The molecule has 0 bridgehead atoms. The minimum atomic E-state index is -0.275. The number of esters is 1. The molecule has 0 saturated heterocycles. The van der Waals surface area contributed by atoms with Crippen LogP contribution in [0.3, 0.4) is 0 Å². The smallest absolute Gasteiger partial charge is 0.340 e. The summed E-state index contributed by atoms with van der Waals surface area (Å²) in [5.41, 5.74) is 3.73. The number of hydrogen-bond donors (Lipinski definition) is 0. The van der Waals surface area contributed by atoms with Gasteiger partial charge in [-0.2, -0.15) is 0 Å². The maximum atomic E-state index is 12.6. The second kappa shape index (κ2) is 8.30. The number of carbonyl (C=O) groups excluding carboxylic acids is 1. The Morgan fingerprint density at radius 1 is 1.11 bits per heavy atom. The molecule has 4 nitrogen and oxygen atoms in total. The summed E-state index contributed by atoms with van der Waals surface area (Å²) in [4.78, 5) is 12.6. The van der Waals surface area contributed by atoms with Gasteiger partial charge in [0.1, 0.15) is 12.4 Å². The van der Waals surface area contributed by atoms with Crippen LogP contribution in [-0.4, -0.2) is 17.1 Å². The van der Waals surface area contributed by atoms with Gasteiger partial charge in [-0.1, -0.05) is 44.2 Å². The quantitative estimate of drug-likeness (QED) is 0.529. The highest BCUT2D eigenvalue weighted by Gasteiger charge is 2.22. The SMILES string of the molecule is CCOC(=O)c1c(C)n(CC(C)C)c2ccc(OCc3ccccc3)cc12. The van der Waals surface area contributed by atoms with Crippen molar-refractivity contribution in [2.45, 2.75) is 40.8 Å². The molecule has 1 aromatic heterocycles. The Morgan fingerprint density at radius 3 is 2.52 bits per heavy atom. The van der Waals surface area contributed by atoms with Crippen molar-refractivity contribution in [3.63, 3.8) is 0 Å². The Hall–Kier alpha value is -2.75. The number of rotatable bonds is 7. The van der Waals surface area contributed by atoms with Crippen LogP contribution >= 0.6 is 0 Å². The van der Waals surface area contributed by atoms with Crippen LogP contribution < -0.4 is 4.74 Å². The van der Waals surface area contributed by atoms with Crippen molar-refractivity contribution in [2.75, 3.05) is 6.61 Å². The Bertz CT molecular complexity index is 926. The first-order valence-corrected chi connectivity index (χ1v) is 9.48. The van der Waals surface area contributed by atoms with Gasteiger partial charge in [0.15, 0.2) is 0 Å². The summed E-state index contributed by atoms with van der Waals surface area (Å²) in [6, 6.07) is 16.0.